The average Bonchev–Trinajstić information content (AvgIpc) is 2.96. The molecular formula is C18H20N2O3. The molecule has 1 aliphatic heterocycles. The van der Waals surface area contributed by atoms with Crippen LogP contribution in [0.3, 0.4) is 0 Å². The molecule has 5 nitrogen and oxygen atoms in total. The number of ether oxygens (including phenoxy) is 2. The number of hydrogen-bond acceptors (Lipinski definition) is 3. The molecule has 2 amide bonds. The quantitative estimate of drug-likeness (QED) is 0.895. The van der Waals surface area contributed by atoms with Gasteiger partial charge in [-0.3, -0.25) is 0 Å². The van der Waals surface area contributed by atoms with Crippen molar-refractivity contribution in [2.75, 3.05) is 17.2 Å². The number of amides is 2. The topological polar surface area (TPSA) is 59.6 Å². The predicted molar refractivity (Wildman–Crippen MR) is 90.5 cm³/mol. The monoisotopic (exact) mass is 312 g/mol. The Morgan fingerprint density at radius 1 is 1.17 bits per heavy atom. The molecule has 2 aromatic rings. The van der Waals surface area contributed by atoms with Crippen LogP contribution in [0.2, 0.25) is 0 Å². The first kappa shape index (κ1) is 15.2. The van der Waals surface area contributed by atoms with Crippen molar-refractivity contribution < 1.29 is 14.3 Å². The van der Waals surface area contributed by atoms with E-state index in [4.69, 9.17) is 9.47 Å². The SMILES string of the molecule is CC(C)Oc1ccccc1NC(=O)Nc1ccc2c(c1)CCO2. The van der Waals surface area contributed by atoms with Gasteiger partial charge in [0.05, 0.1) is 18.4 Å². The summed E-state index contributed by atoms with van der Waals surface area (Å²) in [6, 6.07) is 12.7. The van der Waals surface area contributed by atoms with Gasteiger partial charge >= 0.3 is 6.03 Å². The van der Waals surface area contributed by atoms with E-state index in [1.807, 2.05) is 56.3 Å². The third-order valence-electron chi connectivity index (χ3n) is 3.45. The van der Waals surface area contributed by atoms with E-state index < -0.39 is 0 Å². The molecule has 0 aliphatic carbocycles. The molecule has 2 aromatic carbocycles. The number of nitrogens with one attached hydrogen (secondary N) is 2. The van der Waals surface area contributed by atoms with E-state index in [0.717, 1.165) is 23.4 Å². The van der Waals surface area contributed by atoms with Crippen LogP contribution in [0.25, 0.3) is 0 Å². The molecule has 0 radical (unpaired) electrons. The second-order valence-corrected chi connectivity index (χ2v) is 5.66. The van der Waals surface area contributed by atoms with Gasteiger partial charge in [-0.1, -0.05) is 12.1 Å². The number of fused-ring (bicyclic) bond motifs is 1. The van der Waals surface area contributed by atoms with Crippen LogP contribution in [0, 0.1) is 0 Å². The zero-order valence-corrected chi connectivity index (χ0v) is 13.3. The van der Waals surface area contributed by atoms with Crippen molar-refractivity contribution >= 4 is 17.4 Å². The van der Waals surface area contributed by atoms with Gasteiger partial charge in [0.2, 0.25) is 0 Å². The fourth-order valence-electron chi connectivity index (χ4n) is 2.48. The third kappa shape index (κ3) is 3.74. The second-order valence-electron chi connectivity index (χ2n) is 5.66. The smallest absolute Gasteiger partial charge is 0.323 e. The largest absolute Gasteiger partial charge is 0.493 e. The summed E-state index contributed by atoms with van der Waals surface area (Å²) in [4.78, 5) is 12.2. The summed E-state index contributed by atoms with van der Waals surface area (Å²) < 4.78 is 11.2. The van der Waals surface area contributed by atoms with Gasteiger partial charge in [0, 0.05) is 12.1 Å². The Morgan fingerprint density at radius 2 is 2.00 bits per heavy atom. The van der Waals surface area contributed by atoms with Crippen molar-refractivity contribution in [3.8, 4) is 11.5 Å². The molecule has 1 aliphatic rings. The van der Waals surface area contributed by atoms with E-state index in [2.05, 4.69) is 10.6 Å². The Kier molecular flexibility index (Phi) is 4.37. The van der Waals surface area contributed by atoms with Crippen LogP contribution in [0.1, 0.15) is 19.4 Å². The van der Waals surface area contributed by atoms with Crippen molar-refractivity contribution in [1.29, 1.82) is 0 Å². The van der Waals surface area contributed by atoms with Gasteiger partial charge in [0.15, 0.2) is 0 Å². The number of benzene rings is 2. The first-order chi connectivity index (χ1) is 11.1. The van der Waals surface area contributed by atoms with Gasteiger partial charge < -0.3 is 20.1 Å². The van der Waals surface area contributed by atoms with E-state index in [0.29, 0.717) is 18.0 Å². The summed E-state index contributed by atoms with van der Waals surface area (Å²) in [5.74, 6) is 1.55. The molecule has 120 valence electrons. The Hall–Kier alpha value is -2.69. The first-order valence-electron chi connectivity index (χ1n) is 7.71. The second kappa shape index (κ2) is 6.60. The lowest BCUT2D eigenvalue weighted by atomic mass is 10.1. The van der Waals surface area contributed by atoms with Crippen LogP contribution in [0.4, 0.5) is 16.2 Å². The van der Waals surface area contributed by atoms with Crippen molar-refractivity contribution in [1.82, 2.24) is 0 Å². The minimum Gasteiger partial charge on any atom is -0.493 e. The Morgan fingerprint density at radius 3 is 2.83 bits per heavy atom. The molecule has 1 heterocycles. The van der Waals surface area contributed by atoms with Crippen molar-refractivity contribution in [3.05, 3.63) is 48.0 Å². The minimum absolute atomic E-state index is 0.0396. The predicted octanol–water partition coefficient (Wildman–Crippen LogP) is 4.05. The number of rotatable bonds is 4. The van der Waals surface area contributed by atoms with E-state index in [9.17, 15) is 4.79 Å². The molecule has 0 fully saturated rings. The molecule has 0 aromatic heterocycles. The highest BCUT2D eigenvalue weighted by Gasteiger charge is 2.13. The summed E-state index contributed by atoms with van der Waals surface area (Å²) >= 11 is 0. The highest BCUT2D eigenvalue weighted by Crippen LogP contribution is 2.28. The number of carbonyl (C=O) groups is 1. The number of urea groups is 1. The first-order valence-corrected chi connectivity index (χ1v) is 7.71. The summed E-state index contributed by atoms with van der Waals surface area (Å²) in [6.07, 6.45) is 0.912. The number of para-hydroxylation sites is 2. The molecule has 0 saturated heterocycles. The van der Waals surface area contributed by atoms with Crippen LogP contribution >= 0.6 is 0 Å². The Bertz CT molecular complexity index is 713. The molecule has 0 spiro atoms. The van der Waals surface area contributed by atoms with Gasteiger partial charge in [-0.2, -0.15) is 0 Å². The van der Waals surface area contributed by atoms with Gasteiger partial charge in [-0.05, 0) is 49.7 Å². The zero-order valence-electron chi connectivity index (χ0n) is 13.3. The molecule has 0 saturated carbocycles. The maximum atomic E-state index is 12.2. The number of hydrogen-bond donors (Lipinski definition) is 2. The Labute approximate surface area is 135 Å². The van der Waals surface area contributed by atoms with Crippen LogP contribution in [0.5, 0.6) is 11.5 Å². The maximum Gasteiger partial charge on any atom is 0.323 e. The Balaban J connectivity index is 1.68. The average molecular weight is 312 g/mol. The van der Waals surface area contributed by atoms with Crippen molar-refractivity contribution in [2.24, 2.45) is 0 Å². The molecule has 0 bridgehead atoms. The molecule has 0 unspecified atom stereocenters. The zero-order chi connectivity index (χ0) is 16.2. The standard InChI is InChI=1S/C18H20N2O3/c1-12(2)23-17-6-4-3-5-15(17)20-18(21)19-14-7-8-16-13(11-14)9-10-22-16/h3-8,11-12H,9-10H2,1-2H3,(H2,19,20,21). The summed E-state index contributed by atoms with van der Waals surface area (Å²) in [5.41, 5.74) is 2.50. The molecule has 3 rings (SSSR count). The summed E-state index contributed by atoms with van der Waals surface area (Å²) in [6.45, 7) is 4.60. The molecule has 5 heteroatoms. The summed E-state index contributed by atoms with van der Waals surface area (Å²) in [5, 5.41) is 5.67. The number of carbonyl (C=O) groups excluding carboxylic acids is 1. The minimum atomic E-state index is -0.302. The van der Waals surface area contributed by atoms with Gasteiger partial charge in [-0.25, -0.2) is 4.79 Å². The van der Waals surface area contributed by atoms with E-state index >= 15 is 0 Å². The molecule has 2 N–H and O–H groups in total. The van der Waals surface area contributed by atoms with E-state index in [1.165, 1.54) is 0 Å². The summed E-state index contributed by atoms with van der Waals surface area (Å²) in [7, 11) is 0. The molecule has 23 heavy (non-hydrogen) atoms. The van der Waals surface area contributed by atoms with Crippen molar-refractivity contribution in [3.63, 3.8) is 0 Å². The van der Waals surface area contributed by atoms with Crippen molar-refractivity contribution in [2.45, 2.75) is 26.4 Å². The van der Waals surface area contributed by atoms with E-state index in [-0.39, 0.29) is 12.1 Å². The fraction of sp³-hybridized carbons (Fsp3) is 0.278. The lowest BCUT2D eigenvalue weighted by Gasteiger charge is -2.15. The van der Waals surface area contributed by atoms with Crippen LogP contribution in [-0.4, -0.2) is 18.7 Å². The maximum absolute atomic E-state index is 12.2. The highest BCUT2D eigenvalue weighted by atomic mass is 16.5. The van der Waals surface area contributed by atoms with E-state index in [1.54, 1.807) is 0 Å². The highest BCUT2D eigenvalue weighted by molar-refractivity contribution is 6.00. The fourth-order valence-corrected chi connectivity index (χ4v) is 2.48. The van der Waals surface area contributed by atoms with Crippen LogP contribution < -0.4 is 20.1 Å². The normalized spacial score (nSPS) is 12.5. The molecule has 0 atom stereocenters. The van der Waals surface area contributed by atoms with Crippen LogP contribution in [0.15, 0.2) is 42.5 Å². The van der Waals surface area contributed by atoms with Crippen LogP contribution in [-0.2, 0) is 6.42 Å². The lowest BCUT2D eigenvalue weighted by Crippen LogP contribution is -2.20. The molecular weight excluding hydrogens is 292 g/mol. The van der Waals surface area contributed by atoms with Gasteiger partial charge in [0.1, 0.15) is 11.5 Å². The lowest BCUT2D eigenvalue weighted by molar-refractivity contribution is 0.243. The third-order valence-corrected chi connectivity index (χ3v) is 3.45. The van der Waals surface area contributed by atoms with Gasteiger partial charge in [-0.15, -0.1) is 0 Å². The van der Waals surface area contributed by atoms with Gasteiger partial charge in [0.25, 0.3) is 0 Å². The number of anilines is 2.